The maximum absolute atomic E-state index is 5.30. The third-order valence-electron chi connectivity index (χ3n) is 1.05. The first kappa shape index (κ1) is 6.23. The number of nitrogen functional groups attached to an aromatic ring is 1. The van der Waals surface area contributed by atoms with Crippen LogP contribution in [0.15, 0.2) is 11.8 Å². The lowest BCUT2D eigenvalue weighted by Gasteiger charge is -1.87. The van der Waals surface area contributed by atoms with Gasteiger partial charge in [-0.15, -0.1) is 15.3 Å². The lowest BCUT2D eigenvalue weighted by atomic mass is 11.1. The van der Waals surface area contributed by atoms with Gasteiger partial charge in [-0.2, -0.15) is 4.68 Å². The molecule has 0 aliphatic heterocycles. The maximum atomic E-state index is 5.30. The quantitative estimate of drug-likeness (QED) is 0.632. The molecule has 2 aromatic rings. The Morgan fingerprint density at radius 1 is 1.55 bits per heavy atom. The second kappa shape index (κ2) is 2.27. The van der Waals surface area contributed by atoms with Gasteiger partial charge in [-0.3, -0.25) is 0 Å². The van der Waals surface area contributed by atoms with Crippen LogP contribution in [0.25, 0.3) is 5.13 Å². The molecule has 0 bridgehead atoms. The monoisotopic (exact) mass is 168 g/mol. The van der Waals surface area contributed by atoms with E-state index in [1.807, 2.05) is 0 Å². The summed E-state index contributed by atoms with van der Waals surface area (Å²) in [5, 5.41) is 11.9. The summed E-state index contributed by atoms with van der Waals surface area (Å²) in [6, 6.07) is 0. The molecule has 0 atom stereocenters. The standard InChI is InChI=1S/C4H4N6S/c5-3-6-1-10(9-3)4-8-7-2-11-4/h1-2H,(H2,5,9). The molecule has 56 valence electrons. The molecule has 0 saturated heterocycles. The summed E-state index contributed by atoms with van der Waals surface area (Å²) in [4.78, 5) is 3.74. The Labute approximate surface area is 65.7 Å². The van der Waals surface area contributed by atoms with Crippen molar-refractivity contribution in [2.24, 2.45) is 0 Å². The average Bonchev–Trinajstić information content (AvgIpc) is 2.55. The van der Waals surface area contributed by atoms with Crippen LogP contribution in [-0.2, 0) is 0 Å². The third kappa shape index (κ3) is 1.05. The summed E-state index contributed by atoms with van der Waals surface area (Å²) < 4.78 is 1.48. The lowest BCUT2D eigenvalue weighted by molar-refractivity contribution is 0.848. The fourth-order valence-corrected chi connectivity index (χ4v) is 1.11. The fourth-order valence-electron chi connectivity index (χ4n) is 0.635. The van der Waals surface area contributed by atoms with Crippen LogP contribution in [0, 0.1) is 0 Å². The molecule has 0 aromatic carbocycles. The summed E-state index contributed by atoms with van der Waals surface area (Å²) in [5.74, 6) is 0.236. The molecule has 11 heavy (non-hydrogen) atoms. The number of aromatic nitrogens is 5. The largest absolute Gasteiger partial charge is 0.366 e. The number of hydrogen-bond acceptors (Lipinski definition) is 6. The summed E-state index contributed by atoms with van der Waals surface area (Å²) in [5.41, 5.74) is 6.92. The van der Waals surface area contributed by atoms with Gasteiger partial charge in [-0.05, 0) is 0 Å². The summed E-state index contributed by atoms with van der Waals surface area (Å²) in [7, 11) is 0. The molecule has 2 heterocycles. The summed E-state index contributed by atoms with van der Waals surface area (Å²) in [6.07, 6.45) is 1.50. The van der Waals surface area contributed by atoms with Gasteiger partial charge >= 0.3 is 0 Å². The molecule has 0 aliphatic rings. The van der Waals surface area contributed by atoms with Crippen LogP contribution >= 0.6 is 11.3 Å². The molecular formula is C4H4N6S. The minimum atomic E-state index is 0.236. The summed E-state index contributed by atoms with van der Waals surface area (Å²) in [6.45, 7) is 0. The minimum absolute atomic E-state index is 0.236. The lowest BCUT2D eigenvalue weighted by Crippen LogP contribution is -1.95. The molecule has 2 aromatic heterocycles. The zero-order chi connectivity index (χ0) is 7.68. The second-order valence-corrected chi connectivity index (χ2v) is 2.58. The molecule has 6 nitrogen and oxygen atoms in total. The van der Waals surface area contributed by atoms with Gasteiger partial charge in [0.15, 0.2) is 0 Å². The van der Waals surface area contributed by atoms with Crippen molar-refractivity contribution in [2.75, 3.05) is 5.73 Å². The molecule has 0 fully saturated rings. The highest BCUT2D eigenvalue weighted by Crippen LogP contribution is 2.06. The van der Waals surface area contributed by atoms with E-state index in [0.717, 1.165) is 0 Å². The van der Waals surface area contributed by atoms with Crippen LogP contribution in [0.1, 0.15) is 0 Å². The molecule has 2 rings (SSSR count). The van der Waals surface area contributed by atoms with Crippen molar-refractivity contribution in [3.63, 3.8) is 0 Å². The SMILES string of the molecule is Nc1ncn(-c2nncs2)n1. The highest BCUT2D eigenvalue weighted by Gasteiger charge is 2.00. The molecule has 2 N–H and O–H groups in total. The normalized spacial score (nSPS) is 10.2. The van der Waals surface area contributed by atoms with Crippen LogP contribution in [0.5, 0.6) is 0 Å². The Morgan fingerprint density at radius 3 is 3.00 bits per heavy atom. The molecule has 0 unspecified atom stereocenters. The molecule has 7 heteroatoms. The zero-order valence-electron chi connectivity index (χ0n) is 5.38. The third-order valence-corrected chi connectivity index (χ3v) is 1.73. The van der Waals surface area contributed by atoms with Gasteiger partial charge in [0, 0.05) is 0 Å². The minimum Gasteiger partial charge on any atom is -0.366 e. The van der Waals surface area contributed by atoms with E-state index in [9.17, 15) is 0 Å². The van der Waals surface area contributed by atoms with E-state index in [2.05, 4.69) is 20.3 Å². The highest BCUT2D eigenvalue weighted by atomic mass is 32.1. The smallest absolute Gasteiger partial charge is 0.239 e. The Morgan fingerprint density at radius 2 is 2.45 bits per heavy atom. The van der Waals surface area contributed by atoms with Gasteiger partial charge in [0.05, 0.1) is 0 Å². The number of nitrogens with zero attached hydrogens (tertiary/aromatic N) is 5. The first-order valence-electron chi connectivity index (χ1n) is 2.80. The molecule has 0 radical (unpaired) electrons. The maximum Gasteiger partial charge on any atom is 0.239 e. The van der Waals surface area contributed by atoms with Gasteiger partial charge in [0.25, 0.3) is 0 Å². The first-order valence-corrected chi connectivity index (χ1v) is 3.68. The van der Waals surface area contributed by atoms with E-state index in [0.29, 0.717) is 5.13 Å². The van der Waals surface area contributed by atoms with E-state index in [1.165, 1.54) is 22.3 Å². The molecule has 0 aliphatic carbocycles. The van der Waals surface area contributed by atoms with E-state index in [4.69, 9.17) is 5.73 Å². The Bertz CT molecular complexity index is 337. The second-order valence-electron chi connectivity index (χ2n) is 1.77. The van der Waals surface area contributed by atoms with Crippen molar-refractivity contribution in [1.29, 1.82) is 0 Å². The van der Waals surface area contributed by atoms with Crippen molar-refractivity contribution in [2.45, 2.75) is 0 Å². The van der Waals surface area contributed by atoms with Crippen molar-refractivity contribution in [1.82, 2.24) is 25.0 Å². The van der Waals surface area contributed by atoms with Gasteiger partial charge in [0.2, 0.25) is 11.1 Å². The van der Waals surface area contributed by atoms with Crippen molar-refractivity contribution in [3.05, 3.63) is 11.8 Å². The topological polar surface area (TPSA) is 82.5 Å². The average molecular weight is 168 g/mol. The Balaban J connectivity index is 2.45. The number of hydrogen-bond donors (Lipinski definition) is 1. The van der Waals surface area contributed by atoms with E-state index < -0.39 is 0 Å². The Kier molecular flexibility index (Phi) is 1.29. The molecule has 0 saturated carbocycles. The van der Waals surface area contributed by atoms with Crippen LogP contribution in [0.3, 0.4) is 0 Å². The molecule has 0 amide bonds. The number of anilines is 1. The van der Waals surface area contributed by atoms with Gasteiger partial charge in [-0.25, -0.2) is 4.98 Å². The van der Waals surface area contributed by atoms with Gasteiger partial charge in [-0.1, -0.05) is 11.3 Å². The summed E-state index contributed by atoms with van der Waals surface area (Å²) >= 11 is 1.37. The first-order chi connectivity index (χ1) is 5.36. The van der Waals surface area contributed by atoms with E-state index in [-0.39, 0.29) is 5.95 Å². The zero-order valence-corrected chi connectivity index (χ0v) is 6.19. The Hall–Kier alpha value is -1.50. The van der Waals surface area contributed by atoms with Crippen molar-refractivity contribution in [3.8, 4) is 5.13 Å². The highest BCUT2D eigenvalue weighted by molar-refractivity contribution is 7.11. The predicted octanol–water partition coefficient (Wildman–Crippen LogP) is -0.299. The van der Waals surface area contributed by atoms with Crippen LogP contribution in [0.4, 0.5) is 5.95 Å². The molecular weight excluding hydrogens is 164 g/mol. The molecule has 0 spiro atoms. The number of nitrogens with two attached hydrogens (primary N) is 1. The van der Waals surface area contributed by atoms with Crippen molar-refractivity contribution >= 4 is 17.3 Å². The van der Waals surface area contributed by atoms with Crippen molar-refractivity contribution < 1.29 is 0 Å². The number of rotatable bonds is 1. The van der Waals surface area contributed by atoms with E-state index >= 15 is 0 Å². The van der Waals surface area contributed by atoms with Gasteiger partial charge in [0.1, 0.15) is 11.8 Å². The van der Waals surface area contributed by atoms with E-state index in [1.54, 1.807) is 5.51 Å². The van der Waals surface area contributed by atoms with Crippen LogP contribution in [-0.4, -0.2) is 25.0 Å². The fraction of sp³-hybridized carbons (Fsp3) is 0. The van der Waals surface area contributed by atoms with Crippen LogP contribution < -0.4 is 5.73 Å². The van der Waals surface area contributed by atoms with Crippen LogP contribution in [0.2, 0.25) is 0 Å². The predicted molar refractivity (Wildman–Crippen MR) is 39.2 cm³/mol. The van der Waals surface area contributed by atoms with Gasteiger partial charge < -0.3 is 5.73 Å².